The van der Waals surface area contributed by atoms with Crippen molar-refractivity contribution < 1.29 is 13.6 Å². The summed E-state index contributed by atoms with van der Waals surface area (Å²) >= 11 is 2.97. The minimum absolute atomic E-state index is 0.112. The summed E-state index contributed by atoms with van der Waals surface area (Å²) in [6, 6.07) is 2.56. The van der Waals surface area contributed by atoms with Gasteiger partial charge in [0.2, 0.25) is 0 Å². The molecule has 21 heavy (non-hydrogen) atoms. The minimum atomic E-state index is -0.765. The Balaban J connectivity index is 1.80. The number of hydrogen-bond donors (Lipinski definition) is 1. The van der Waals surface area contributed by atoms with Crippen molar-refractivity contribution in [1.82, 2.24) is 20.3 Å². The standard InChI is InChI=1S/C13H11BrF2N4O/c14-9-1-2-10(15)8(13(9)16)3-12(21)11-6-20(19-18-11)7-4-17-5-7/h1-2,6-7,17H,3-5H2. The molecule has 1 aromatic heterocycles. The van der Waals surface area contributed by atoms with Gasteiger partial charge in [0.05, 0.1) is 16.7 Å². The monoisotopic (exact) mass is 356 g/mol. The molecule has 0 saturated carbocycles. The largest absolute Gasteiger partial charge is 0.312 e. The molecule has 8 heteroatoms. The van der Waals surface area contributed by atoms with Crippen LogP contribution in [0.2, 0.25) is 0 Å². The Kier molecular flexibility index (Phi) is 3.81. The molecule has 0 spiro atoms. The number of nitrogens with one attached hydrogen (secondary N) is 1. The second kappa shape index (κ2) is 5.61. The fraction of sp³-hybridized carbons (Fsp3) is 0.308. The molecular formula is C13H11BrF2N4O. The van der Waals surface area contributed by atoms with E-state index in [4.69, 9.17) is 0 Å². The highest BCUT2D eigenvalue weighted by atomic mass is 79.9. The third-order valence-electron chi connectivity index (χ3n) is 3.41. The van der Waals surface area contributed by atoms with E-state index in [0.717, 1.165) is 19.2 Å². The van der Waals surface area contributed by atoms with Gasteiger partial charge >= 0.3 is 0 Å². The van der Waals surface area contributed by atoms with Gasteiger partial charge in [0, 0.05) is 25.1 Å². The number of carbonyl (C=O) groups is 1. The lowest BCUT2D eigenvalue weighted by molar-refractivity contribution is 0.0985. The van der Waals surface area contributed by atoms with Crippen LogP contribution in [0.25, 0.3) is 0 Å². The van der Waals surface area contributed by atoms with Crippen molar-refractivity contribution in [2.24, 2.45) is 0 Å². The van der Waals surface area contributed by atoms with Gasteiger partial charge in [-0.3, -0.25) is 4.79 Å². The van der Waals surface area contributed by atoms with Crippen LogP contribution in [0.4, 0.5) is 8.78 Å². The molecule has 1 aliphatic rings. The summed E-state index contributed by atoms with van der Waals surface area (Å²) in [4.78, 5) is 12.1. The normalized spacial score (nSPS) is 15.0. The van der Waals surface area contributed by atoms with Crippen molar-refractivity contribution in [2.75, 3.05) is 13.1 Å². The van der Waals surface area contributed by atoms with Gasteiger partial charge in [-0.1, -0.05) is 5.21 Å². The predicted octanol–water partition coefficient (Wildman–Crippen LogP) is 1.89. The molecule has 0 unspecified atom stereocenters. The van der Waals surface area contributed by atoms with Gasteiger partial charge < -0.3 is 5.32 Å². The first kappa shape index (κ1) is 14.3. The fourth-order valence-corrected chi connectivity index (χ4v) is 2.40. The Morgan fingerprint density at radius 3 is 2.86 bits per heavy atom. The number of benzene rings is 1. The van der Waals surface area contributed by atoms with Crippen LogP contribution in [0.5, 0.6) is 0 Å². The highest BCUT2D eigenvalue weighted by Gasteiger charge is 2.23. The summed E-state index contributed by atoms with van der Waals surface area (Å²) in [6.07, 6.45) is 1.13. The lowest BCUT2D eigenvalue weighted by atomic mass is 10.1. The fourth-order valence-electron chi connectivity index (χ4n) is 2.03. The smallest absolute Gasteiger partial charge is 0.189 e. The van der Waals surface area contributed by atoms with Gasteiger partial charge in [-0.15, -0.1) is 5.10 Å². The van der Waals surface area contributed by atoms with E-state index < -0.39 is 23.8 Å². The molecule has 1 fully saturated rings. The lowest BCUT2D eigenvalue weighted by Crippen LogP contribution is -2.43. The Morgan fingerprint density at radius 1 is 1.43 bits per heavy atom. The second-order valence-electron chi connectivity index (χ2n) is 4.82. The molecule has 0 amide bonds. The third kappa shape index (κ3) is 2.73. The van der Waals surface area contributed by atoms with Crippen molar-refractivity contribution in [3.05, 3.63) is 45.7 Å². The molecule has 3 rings (SSSR count). The molecule has 0 atom stereocenters. The van der Waals surface area contributed by atoms with Crippen LogP contribution in [0.1, 0.15) is 22.1 Å². The SMILES string of the molecule is O=C(Cc1c(F)ccc(Br)c1F)c1cn(C2CNC2)nn1. The molecule has 0 aliphatic carbocycles. The number of nitrogens with zero attached hydrogens (tertiary/aromatic N) is 3. The molecule has 1 N–H and O–H groups in total. The predicted molar refractivity (Wildman–Crippen MR) is 74.0 cm³/mol. The van der Waals surface area contributed by atoms with E-state index in [2.05, 4.69) is 31.6 Å². The third-order valence-corrected chi connectivity index (χ3v) is 4.02. The summed E-state index contributed by atoms with van der Waals surface area (Å²) in [5, 5.41) is 10.7. The van der Waals surface area contributed by atoms with E-state index in [1.54, 1.807) is 4.68 Å². The number of aromatic nitrogens is 3. The van der Waals surface area contributed by atoms with Gasteiger partial charge in [-0.05, 0) is 28.1 Å². The van der Waals surface area contributed by atoms with Gasteiger partial charge in [0.1, 0.15) is 17.3 Å². The van der Waals surface area contributed by atoms with Crippen molar-refractivity contribution >= 4 is 21.7 Å². The average Bonchev–Trinajstić information content (AvgIpc) is 2.86. The van der Waals surface area contributed by atoms with Crippen molar-refractivity contribution in [2.45, 2.75) is 12.5 Å². The van der Waals surface area contributed by atoms with Crippen LogP contribution in [-0.2, 0) is 6.42 Å². The quantitative estimate of drug-likeness (QED) is 0.671. The summed E-state index contributed by atoms with van der Waals surface area (Å²) in [7, 11) is 0. The van der Waals surface area contributed by atoms with Gasteiger partial charge in [0.15, 0.2) is 5.78 Å². The Hall–Kier alpha value is -1.67. The average molecular weight is 357 g/mol. The molecule has 110 valence electrons. The molecular weight excluding hydrogens is 346 g/mol. The summed E-state index contributed by atoms with van der Waals surface area (Å²) in [5.74, 6) is -1.98. The maximum atomic E-state index is 13.8. The number of hydrogen-bond acceptors (Lipinski definition) is 4. The van der Waals surface area contributed by atoms with E-state index in [0.29, 0.717) is 0 Å². The summed E-state index contributed by atoms with van der Waals surface area (Å²) in [5.41, 5.74) is -0.157. The topological polar surface area (TPSA) is 59.8 Å². The van der Waals surface area contributed by atoms with Gasteiger partial charge in [-0.25, -0.2) is 13.5 Å². The summed E-state index contributed by atoms with van der Waals surface area (Å²) in [6.45, 7) is 1.54. The Labute approximate surface area is 127 Å². The first-order chi connectivity index (χ1) is 10.1. The zero-order valence-electron chi connectivity index (χ0n) is 10.8. The second-order valence-corrected chi connectivity index (χ2v) is 5.67. The highest BCUT2D eigenvalue weighted by Crippen LogP contribution is 2.23. The van der Waals surface area contributed by atoms with E-state index in [1.165, 1.54) is 12.3 Å². The van der Waals surface area contributed by atoms with Crippen LogP contribution in [-0.4, -0.2) is 33.9 Å². The lowest BCUT2D eigenvalue weighted by Gasteiger charge is -2.26. The Bertz CT molecular complexity index is 699. The van der Waals surface area contributed by atoms with Crippen LogP contribution in [0.15, 0.2) is 22.8 Å². The van der Waals surface area contributed by atoms with Gasteiger partial charge in [0.25, 0.3) is 0 Å². The number of carbonyl (C=O) groups excluding carboxylic acids is 1. The number of rotatable bonds is 4. The molecule has 0 bridgehead atoms. The minimum Gasteiger partial charge on any atom is -0.312 e. The van der Waals surface area contributed by atoms with Crippen molar-refractivity contribution in [3.8, 4) is 0 Å². The van der Waals surface area contributed by atoms with Crippen LogP contribution in [0, 0.1) is 11.6 Å². The number of ketones is 1. The maximum absolute atomic E-state index is 13.8. The Morgan fingerprint density at radius 2 is 2.19 bits per heavy atom. The number of Topliss-reactive ketones (excluding diaryl/α,β-unsaturated/α-hetero) is 1. The molecule has 1 saturated heterocycles. The van der Waals surface area contributed by atoms with E-state index in [9.17, 15) is 13.6 Å². The molecule has 1 aliphatic heterocycles. The molecule has 1 aromatic carbocycles. The summed E-state index contributed by atoms with van der Waals surface area (Å²) < 4.78 is 29.2. The first-order valence-electron chi connectivity index (χ1n) is 6.34. The number of halogens is 3. The maximum Gasteiger partial charge on any atom is 0.189 e. The molecule has 5 nitrogen and oxygen atoms in total. The molecule has 2 heterocycles. The van der Waals surface area contributed by atoms with Crippen molar-refractivity contribution in [3.63, 3.8) is 0 Å². The highest BCUT2D eigenvalue weighted by molar-refractivity contribution is 9.10. The van der Waals surface area contributed by atoms with E-state index >= 15 is 0 Å². The first-order valence-corrected chi connectivity index (χ1v) is 7.13. The van der Waals surface area contributed by atoms with Crippen molar-refractivity contribution in [1.29, 1.82) is 0 Å². The van der Waals surface area contributed by atoms with Crippen LogP contribution in [0.3, 0.4) is 0 Å². The van der Waals surface area contributed by atoms with Gasteiger partial charge in [-0.2, -0.15) is 0 Å². The zero-order chi connectivity index (χ0) is 15.0. The van der Waals surface area contributed by atoms with Crippen LogP contribution < -0.4 is 5.32 Å². The zero-order valence-corrected chi connectivity index (χ0v) is 12.4. The molecule has 2 aromatic rings. The van der Waals surface area contributed by atoms with E-state index in [1.807, 2.05) is 0 Å². The van der Waals surface area contributed by atoms with E-state index in [-0.39, 0.29) is 21.8 Å². The molecule has 0 radical (unpaired) electrons. The van der Waals surface area contributed by atoms with Crippen LogP contribution >= 0.6 is 15.9 Å².